The van der Waals surface area contributed by atoms with E-state index < -0.39 is 0 Å². The minimum absolute atomic E-state index is 0.462. The van der Waals surface area contributed by atoms with E-state index in [0.29, 0.717) is 15.3 Å². The highest BCUT2D eigenvalue weighted by atomic mass is 35.5. The van der Waals surface area contributed by atoms with Crippen LogP contribution in [0.4, 0.5) is 0 Å². The van der Waals surface area contributed by atoms with Gasteiger partial charge in [-0.25, -0.2) is 4.98 Å². The lowest BCUT2D eigenvalue weighted by Gasteiger charge is -2.01. The minimum atomic E-state index is 0.462. The van der Waals surface area contributed by atoms with Crippen LogP contribution < -0.4 is 0 Å². The van der Waals surface area contributed by atoms with Gasteiger partial charge in [0.15, 0.2) is 0 Å². The van der Waals surface area contributed by atoms with E-state index in [0.717, 1.165) is 21.5 Å². The second-order valence-electron chi connectivity index (χ2n) is 4.77. The Labute approximate surface area is 125 Å². The molecule has 0 aliphatic heterocycles. The van der Waals surface area contributed by atoms with Gasteiger partial charge in [0.2, 0.25) is 0 Å². The molecular weight excluding hydrogens is 299 g/mol. The number of rotatable bonds is 2. The molecule has 0 aliphatic carbocycles. The largest absolute Gasteiger partial charge is 0.358 e. The van der Waals surface area contributed by atoms with Gasteiger partial charge in [0.05, 0.1) is 11.2 Å². The quantitative estimate of drug-likeness (QED) is 0.644. The molecule has 1 N–H and O–H groups in total. The summed E-state index contributed by atoms with van der Waals surface area (Å²) in [5, 5.41) is 2.67. The van der Waals surface area contributed by atoms with Crippen LogP contribution in [0.3, 0.4) is 0 Å². The van der Waals surface area contributed by atoms with Crippen LogP contribution in [0.5, 0.6) is 0 Å². The first kappa shape index (κ1) is 13.0. The number of nitrogens with zero attached hydrogens (tertiary/aromatic N) is 1. The van der Waals surface area contributed by atoms with E-state index in [-0.39, 0.29) is 0 Å². The maximum atomic E-state index is 6.35. The third kappa shape index (κ3) is 2.38. The number of hydrogen-bond acceptors (Lipinski definition) is 2. The van der Waals surface area contributed by atoms with Crippen molar-refractivity contribution in [3.63, 3.8) is 0 Å². The zero-order valence-corrected chi connectivity index (χ0v) is 12.8. The summed E-state index contributed by atoms with van der Waals surface area (Å²) in [4.78, 5) is 7.71. The van der Waals surface area contributed by atoms with Crippen LogP contribution in [0.25, 0.3) is 21.5 Å². The summed E-state index contributed by atoms with van der Waals surface area (Å²) in [7, 11) is 0. The Kier molecular flexibility index (Phi) is 3.29. The number of aromatic nitrogens is 2. The molecule has 3 rings (SSSR count). The van der Waals surface area contributed by atoms with Gasteiger partial charge in [-0.3, -0.25) is 0 Å². The maximum absolute atomic E-state index is 6.35. The van der Waals surface area contributed by atoms with Gasteiger partial charge >= 0.3 is 0 Å². The van der Waals surface area contributed by atoms with Gasteiger partial charge in [-0.05, 0) is 24.1 Å². The monoisotopic (exact) mass is 310 g/mol. The summed E-state index contributed by atoms with van der Waals surface area (Å²) in [6, 6.07) is 6.16. The standard InChI is InChI=1S/C14H12Cl2N2S/c1-7(2)11-4-8-3-10(15)9(5-12(8)18-11)14-17-6-13(16)19-14/h3-7,18H,1-2H3. The van der Waals surface area contributed by atoms with Crippen LogP contribution in [-0.4, -0.2) is 9.97 Å². The summed E-state index contributed by atoms with van der Waals surface area (Å²) in [5.74, 6) is 0.462. The molecule has 0 unspecified atom stereocenters. The summed E-state index contributed by atoms with van der Waals surface area (Å²) >= 11 is 13.7. The van der Waals surface area contributed by atoms with Crippen molar-refractivity contribution in [1.82, 2.24) is 9.97 Å². The van der Waals surface area contributed by atoms with Crippen LogP contribution in [-0.2, 0) is 0 Å². The van der Waals surface area contributed by atoms with Gasteiger partial charge < -0.3 is 4.98 Å². The van der Waals surface area contributed by atoms with Gasteiger partial charge in [0, 0.05) is 22.2 Å². The smallest absolute Gasteiger partial charge is 0.126 e. The lowest BCUT2D eigenvalue weighted by atomic mass is 10.1. The number of H-pyrrole nitrogens is 1. The Balaban J connectivity index is 2.18. The maximum Gasteiger partial charge on any atom is 0.126 e. The van der Waals surface area contributed by atoms with Crippen molar-refractivity contribution < 1.29 is 0 Å². The lowest BCUT2D eigenvalue weighted by molar-refractivity contribution is 0.836. The average molecular weight is 311 g/mol. The molecule has 0 amide bonds. The summed E-state index contributed by atoms with van der Waals surface area (Å²) in [5.41, 5.74) is 3.21. The molecule has 19 heavy (non-hydrogen) atoms. The Hall–Kier alpha value is -1.03. The van der Waals surface area contributed by atoms with Crippen molar-refractivity contribution in [2.75, 3.05) is 0 Å². The third-order valence-corrected chi connectivity index (χ3v) is 4.52. The molecule has 3 aromatic rings. The topological polar surface area (TPSA) is 28.7 Å². The Morgan fingerprint density at radius 1 is 1.21 bits per heavy atom. The number of aromatic amines is 1. The summed E-state index contributed by atoms with van der Waals surface area (Å²) in [6.07, 6.45) is 1.65. The first-order valence-corrected chi connectivity index (χ1v) is 7.55. The van der Waals surface area contributed by atoms with E-state index in [9.17, 15) is 0 Å². The van der Waals surface area contributed by atoms with Gasteiger partial charge in [0.1, 0.15) is 9.34 Å². The molecule has 0 fully saturated rings. The Bertz CT molecular complexity index is 743. The highest BCUT2D eigenvalue weighted by Crippen LogP contribution is 2.36. The Morgan fingerprint density at radius 3 is 2.63 bits per heavy atom. The normalized spacial score (nSPS) is 11.6. The first-order chi connectivity index (χ1) is 9.04. The van der Waals surface area contributed by atoms with E-state index in [1.54, 1.807) is 6.20 Å². The van der Waals surface area contributed by atoms with Crippen molar-refractivity contribution in [3.05, 3.63) is 39.4 Å². The summed E-state index contributed by atoms with van der Waals surface area (Å²) < 4.78 is 0.667. The molecule has 0 saturated carbocycles. The van der Waals surface area contributed by atoms with Gasteiger partial charge in [-0.1, -0.05) is 37.0 Å². The van der Waals surface area contributed by atoms with Crippen molar-refractivity contribution in [2.45, 2.75) is 19.8 Å². The molecular formula is C14H12Cl2N2S. The summed E-state index contributed by atoms with van der Waals surface area (Å²) in [6.45, 7) is 4.32. The van der Waals surface area contributed by atoms with Crippen LogP contribution in [0.15, 0.2) is 24.4 Å². The number of benzene rings is 1. The molecule has 2 nitrogen and oxygen atoms in total. The van der Waals surface area contributed by atoms with E-state index in [2.05, 4.69) is 29.9 Å². The van der Waals surface area contributed by atoms with Crippen LogP contribution in [0, 0.1) is 0 Å². The third-order valence-electron chi connectivity index (χ3n) is 3.06. The van der Waals surface area contributed by atoms with Crippen molar-refractivity contribution in [3.8, 4) is 10.6 Å². The fourth-order valence-corrected chi connectivity index (χ4v) is 3.29. The fourth-order valence-electron chi connectivity index (χ4n) is 2.03. The van der Waals surface area contributed by atoms with Gasteiger partial charge in [-0.15, -0.1) is 11.3 Å². The van der Waals surface area contributed by atoms with E-state index in [1.807, 2.05) is 12.1 Å². The number of thiazole rings is 1. The molecule has 2 heterocycles. The first-order valence-electron chi connectivity index (χ1n) is 5.98. The van der Waals surface area contributed by atoms with Gasteiger partial charge in [-0.2, -0.15) is 0 Å². The minimum Gasteiger partial charge on any atom is -0.358 e. The van der Waals surface area contributed by atoms with E-state index >= 15 is 0 Å². The second kappa shape index (κ2) is 4.82. The van der Waals surface area contributed by atoms with Crippen LogP contribution >= 0.6 is 34.5 Å². The van der Waals surface area contributed by atoms with Crippen LogP contribution in [0.2, 0.25) is 9.36 Å². The zero-order valence-electron chi connectivity index (χ0n) is 10.5. The predicted molar refractivity (Wildman–Crippen MR) is 83.5 cm³/mol. The molecule has 0 spiro atoms. The molecule has 0 aliphatic rings. The van der Waals surface area contributed by atoms with Crippen molar-refractivity contribution in [1.29, 1.82) is 0 Å². The number of hydrogen-bond donors (Lipinski definition) is 1. The highest BCUT2D eigenvalue weighted by molar-refractivity contribution is 7.19. The van der Waals surface area contributed by atoms with Crippen molar-refractivity contribution in [2.24, 2.45) is 0 Å². The number of nitrogens with one attached hydrogen (secondary N) is 1. The van der Waals surface area contributed by atoms with E-state index in [1.165, 1.54) is 17.0 Å². The van der Waals surface area contributed by atoms with Gasteiger partial charge in [0.25, 0.3) is 0 Å². The molecule has 0 saturated heterocycles. The van der Waals surface area contributed by atoms with E-state index in [4.69, 9.17) is 23.2 Å². The fraction of sp³-hybridized carbons (Fsp3) is 0.214. The molecule has 1 aromatic carbocycles. The molecule has 0 atom stereocenters. The highest BCUT2D eigenvalue weighted by Gasteiger charge is 2.12. The number of fused-ring (bicyclic) bond motifs is 1. The number of halogens is 2. The zero-order chi connectivity index (χ0) is 13.6. The molecule has 0 bridgehead atoms. The molecule has 2 aromatic heterocycles. The molecule has 98 valence electrons. The SMILES string of the molecule is CC(C)c1cc2cc(Cl)c(-c3ncc(Cl)s3)cc2[nH]1. The molecule has 5 heteroatoms. The Morgan fingerprint density at radius 2 is 2.00 bits per heavy atom. The average Bonchev–Trinajstić information content (AvgIpc) is 2.93. The molecule has 0 radical (unpaired) electrons. The second-order valence-corrected chi connectivity index (χ2v) is 6.84. The predicted octanol–water partition coefficient (Wildman–Crippen LogP) is 5.72. The van der Waals surface area contributed by atoms with Crippen molar-refractivity contribution >= 4 is 45.4 Å². The lowest BCUT2D eigenvalue weighted by Crippen LogP contribution is -1.84. The van der Waals surface area contributed by atoms with Crippen LogP contribution in [0.1, 0.15) is 25.5 Å².